The van der Waals surface area contributed by atoms with Crippen molar-refractivity contribution in [2.75, 3.05) is 11.8 Å². The standard InChI is InChI=1S/C17H14ClF3N4O3S/c1-28-16-13(5-11(19)12(23-16)4-9-6-17(9,20)21)24-29(26,27)15-7-22-25-8-10(18)2-3-14(15)25/h2-3,5,7-9,24H,4,6H2,1H3. The minimum absolute atomic E-state index is 0.168. The normalized spacial score (nSPS) is 18.0. The molecule has 3 aromatic rings. The van der Waals surface area contributed by atoms with Gasteiger partial charge in [-0.1, -0.05) is 11.6 Å². The number of anilines is 1. The molecule has 4 rings (SSSR count). The maximum Gasteiger partial charge on any atom is 0.265 e. The van der Waals surface area contributed by atoms with Crippen LogP contribution in [0.3, 0.4) is 0 Å². The molecule has 0 aromatic carbocycles. The lowest BCUT2D eigenvalue weighted by atomic mass is 10.2. The molecule has 0 amide bonds. The van der Waals surface area contributed by atoms with Crippen LogP contribution in [0.4, 0.5) is 18.9 Å². The van der Waals surface area contributed by atoms with Gasteiger partial charge in [0.1, 0.15) is 16.4 Å². The topological polar surface area (TPSA) is 85.6 Å². The van der Waals surface area contributed by atoms with Gasteiger partial charge in [-0.15, -0.1) is 0 Å². The molecule has 29 heavy (non-hydrogen) atoms. The smallest absolute Gasteiger partial charge is 0.265 e. The van der Waals surface area contributed by atoms with Crippen LogP contribution in [0.5, 0.6) is 5.88 Å². The van der Waals surface area contributed by atoms with E-state index >= 15 is 0 Å². The summed E-state index contributed by atoms with van der Waals surface area (Å²) in [5.74, 6) is -4.94. The number of nitrogens with one attached hydrogen (secondary N) is 1. The van der Waals surface area contributed by atoms with Crippen LogP contribution in [0.1, 0.15) is 12.1 Å². The van der Waals surface area contributed by atoms with Crippen molar-refractivity contribution >= 4 is 32.8 Å². The minimum atomic E-state index is -4.18. The summed E-state index contributed by atoms with van der Waals surface area (Å²) in [7, 11) is -2.97. The first kappa shape index (κ1) is 19.8. The zero-order valence-corrected chi connectivity index (χ0v) is 16.4. The number of methoxy groups -OCH3 is 1. The van der Waals surface area contributed by atoms with Crippen LogP contribution in [0.25, 0.3) is 5.52 Å². The zero-order chi connectivity index (χ0) is 21.0. The van der Waals surface area contributed by atoms with Crippen molar-refractivity contribution in [1.29, 1.82) is 0 Å². The van der Waals surface area contributed by atoms with Gasteiger partial charge in [0.05, 0.1) is 29.5 Å². The average molecular weight is 447 g/mol. The second-order valence-electron chi connectivity index (χ2n) is 6.63. The fourth-order valence-electron chi connectivity index (χ4n) is 2.95. The molecule has 3 heterocycles. The van der Waals surface area contributed by atoms with E-state index in [4.69, 9.17) is 16.3 Å². The molecule has 1 fully saturated rings. The third-order valence-electron chi connectivity index (χ3n) is 4.58. The molecule has 1 saturated carbocycles. The Labute approximate surface area is 168 Å². The molecule has 1 atom stereocenters. The number of hydrogen-bond acceptors (Lipinski definition) is 5. The second-order valence-corrected chi connectivity index (χ2v) is 8.72. The lowest BCUT2D eigenvalue weighted by molar-refractivity contribution is 0.0985. The molecule has 1 N–H and O–H groups in total. The Balaban J connectivity index is 1.66. The SMILES string of the molecule is COc1nc(CC2CC2(F)F)c(F)cc1NS(=O)(=O)c1cnn2cc(Cl)ccc12. The van der Waals surface area contributed by atoms with E-state index in [1.54, 1.807) is 0 Å². The van der Waals surface area contributed by atoms with Gasteiger partial charge in [0, 0.05) is 31.0 Å². The van der Waals surface area contributed by atoms with Crippen LogP contribution in [-0.2, 0) is 16.4 Å². The van der Waals surface area contributed by atoms with Crippen LogP contribution < -0.4 is 9.46 Å². The second kappa shape index (κ2) is 6.77. The highest BCUT2D eigenvalue weighted by Gasteiger charge is 2.56. The molecule has 0 spiro atoms. The predicted octanol–water partition coefficient (Wildman–Crippen LogP) is 3.53. The highest BCUT2D eigenvalue weighted by atomic mass is 35.5. The summed E-state index contributed by atoms with van der Waals surface area (Å²) in [5.41, 5.74) is -0.218. The number of nitrogens with zero attached hydrogens (tertiary/aromatic N) is 3. The molecule has 0 aliphatic heterocycles. The van der Waals surface area contributed by atoms with E-state index in [0.717, 1.165) is 12.3 Å². The van der Waals surface area contributed by atoms with Gasteiger partial charge in [0.25, 0.3) is 15.9 Å². The van der Waals surface area contributed by atoms with Crippen molar-refractivity contribution in [2.24, 2.45) is 5.92 Å². The summed E-state index contributed by atoms with van der Waals surface area (Å²) >= 11 is 5.86. The van der Waals surface area contributed by atoms with Gasteiger partial charge < -0.3 is 4.74 Å². The van der Waals surface area contributed by atoms with Crippen molar-refractivity contribution in [2.45, 2.75) is 23.7 Å². The first-order valence-corrected chi connectivity index (χ1v) is 10.2. The Kier molecular flexibility index (Phi) is 4.61. The van der Waals surface area contributed by atoms with E-state index < -0.39 is 27.7 Å². The molecule has 1 aliphatic rings. The fourth-order valence-corrected chi connectivity index (χ4v) is 4.27. The van der Waals surface area contributed by atoms with Crippen LogP contribution in [-0.4, -0.2) is 36.0 Å². The Morgan fingerprint density at radius 2 is 2.14 bits per heavy atom. The summed E-state index contributed by atoms with van der Waals surface area (Å²) in [6, 6.07) is 3.84. The number of rotatable bonds is 6. The quantitative estimate of drug-likeness (QED) is 0.626. The van der Waals surface area contributed by atoms with E-state index in [0.29, 0.717) is 5.02 Å². The number of aromatic nitrogens is 3. The molecule has 0 saturated heterocycles. The Bertz CT molecular complexity index is 1220. The summed E-state index contributed by atoms with van der Waals surface area (Å²) in [6.45, 7) is 0. The molecule has 7 nitrogen and oxygen atoms in total. The summed E-state index contributed by atoms with van der Waals surface area (Å²) < 4.78 is 74.7. The van der Waals surface area contributed by atoms with E-state index in [1.165, 1.54) is 30.0 Å². The largest absolute Gasteiger partial charge is 0.479 e. The van der Waals surface area contributed by atoms with E-state index in [2.05, 4.69) is 14.8 Å². The Morgan fingerprint density at radius 1 is 1.41 bits per heavy atom. The fraction of sp³-hybridized carbons (Fsp3) is 0.294. The van der Waals surface area contributed by atoms with Gasteiger partial charge in [0.2, 0.25) is 5.88 Å². The van der Waals surface area contributed by atoms with Gasteiger partial charge in [-0.05, 0) is 12.1 Å². The summed E-state index contributed by atoms with van der Waals surface area (Å²) in [6.07, 6.45) is 1.95. The van der Waals surface area contributed by atoms with Gasteiger partial charge in [-0.3, -0.25) is 4.72 Å². The highest BCUT2D eigenvalue weighted by Crippen LogP contribution is 2.50. The van der Waals surface area contributed by atoms with Gasteiger partial charge in [0.15, 0.2) is 0 Å². The molecular weight excluding hydrogens is 433 g/mol. The summed E-state index contributed by atoms with van der Waals surface area (Å²) in [4.78, 5) is 3.71. The third kappa shape index (κ3) is 3.71. The van der Waals surface area contributed by atoms with Crippen LogP contribution in [0.2, 0.25) is 5.02 Å². The lowest BCUT2D eigenvalue weighted by Crippen LogP contribution is -2.15. The summed E-state index contributed by atoms with van der Waals surface area (Å²) in [5, 5.41) is 4.30. The molecular formula is C17H14ClF3N4O3S. The van der Waals surface area contributed by atoms with Gasteiger partial charge >= 0.3 is 0 Å². The van der Waals surface area contributed by atoms with Crippen molar-refractivity contribution in [1.82, 2.24) is 14.6 Å². The number of sulfonamides is 1. The van der Waals surface area contributed by atoms with Crippen LogP contribution in [0, 0.1) is 11.7 Å². The number of halogens is 4. The van der Waals surface area contributed by atoms with Gasteiger partial charge in [-0.25, -0.2) is 31.1 Å². The van der Waals surface area contributed by atoms with Crippen molar-refractivity contribution in [3.05, 3.63) is 47.1 Å². The number of hydrogen-bond donors (Lipinski definition) is 1. The Hall–Kier alpha value is -2.53. The van der Waals surface area contributed by atoms with Crippen LogP contribution >= 0.6 is 11.6 Å². The van der Waals surface area contributed by atoms with Gasteiger partial charge in [-0.2, -0.15) is 5.10 Å². The minimum Gasteiger partial charge on any atom is -0.479 e. The average Bonchev–Trinajstić information content (AvgIpc) is 3.03. The number of pyridine rings is 2. The number of alkyl halides is 2. The first-order valence-electron chi connectivity index (χ1n) is 8.37. The van der Waals surface area contributed by atoms with E-state index in [9.17, 15) is 21.6 Å². The molecule has 0 radical (unpaired) electrons. The highest BCUT2D eigenvalue weighted by molar-refractivity contribution is 7.93. The predicted molar refractivity (Wildman–Crippen MR) is 98.5 cm³/mol. The molecule has 0 bridgehead atoms. The maximum absolute atomic E-state index is 14.4. The molecule has 3 aromatic heterocycles. The lowest BCUT2D eigenvalue weighted by Gasteiger charge is -2.13. The molecule has 12 heteroatoms. The molecule has 154 valence electrons. The van der Waals surface area contributed by atoms with Crippen LogP contribution in [0.15, 0.2) is 35.5 Å². The van der Waals surface area contributed by atoms with Crippen molar-refractivity contribution < 1.29 is 26.3 Å². The Morgan fingerprint density at radius 3 is 2.79 bits per heavy atom. The third-order valence-corrected chi connectivity index (χ3v) is 6.19. The first-order chi connectivity index (χ1) is 13.6. The number of fused-ring (bicyclic) bond motifs is 1. The van der Waals surface area contributed by atoms with Crippen molar-refractivity contribution in [3.8, 4) is 5.88 Å². The molecule has 1 aliphatic carbocycles. The monoisotopic (exact) mass is 446 g/mol. The number of ether oxygens (including phenoxy) is 1. The van der Waals surface area contributed by atoms with E-state index in [1.807, 2.05) is 0 Å². The van der Waals surface area contributed by atoms with E-state index in [-0.39, 0.29) is 40.5 Å². The maximum atomic E-state index is 14.4. The zero-order valence-electron chi connectivity index (χ0n) is 14.9. The van der Waals surface area contributed by atoms with Crippen molar-refractivity contribution in [3.63, 3.8) is 0 Å². The molecule has 1 unspecified atom stereocenters.